The monoisotopic (exact) mass is 282 g/mol. The minimum Gasteiger partial charge on any atom is -0.325 e. The van der Waals surface area contributed by atoms with Gasteiger partial charge in [-0.3, -0.25) is 4.79 Å². The zero-order valence-electron chi connectivity index (χ0n) is 9.29. The smallest absolute Gasteiger partial charge is 0.224 e. The van der Waals surface area contributed by atoms with Crippen molar-refractivity contribution in [1.82, 2.24) is 4.98 Å². The molecule has 2 rings (SSSR count). The summed E-state index contributed by atoms with van der Waals surface area (Å²) >= 11 is 3.33. The van der Waals surface area contributed by atoms with Crippen LogP contribution >= 0.6 is 15.9 Å². The molecule has 3 nitrogen and oxygen atoms in total. The summed E-state index contributed by atoms with van der Waals surface area (Å²) in [4.78, 5) is 15.8. The van der Waals surface area contributed by atoms with Crippen LogP contribution in [0, 0.1) is 12.8 Å². The van der Waals surface area contributed by atoms with Gasteiger partial charge >= 0.3 is 0 Å². The first-order valence-electron chi connectivity index (χ1n) is 5.57. The number of nitrogens with one attached hydrogen (secondary N) is 1. The van der Waals surface area contributed by atoms with Gasteiger partial charge < -0.3 is 5.32 Å². The number of hydrogen-bond donors (Lipinski definition) is 1. The van der Waals surface area contributed by atoms with Gasteiger partial charge in [-0.2, -0.15) is 0 Å². The van der Waals surface area contributed by atoms with E-state index >= 15 is 0 Å². The summed E-state index contributed by atoms with van der Waals surface area (Å²) in [6.07, 6.45) is 6.00. The van der Waals surface area contributed by atoms with Crippen molar-refractivity contribution in [3.05, 3.63) is 22.4 Å². The first-order valence-corrected chi connectivity index (χ1v) is 6.36. The van der Waals surface area contributed by atoms with E-state index in [1.165, 1.54) is 19.3 Å². The van der Waals surface area contributed by atoms with Crippen molar-refractivity contribution in [2.45, 2.75) is 32.6 Å². The molecule has 4 heteroatoms. The summed E-state index contributed by atoms with van der Waals surface area (Å²) in [5, 5.41) is 2.89. The molecule has 0 aromatic carbocycles. The highest BCUT2D eigenvalue weighted by Crippen LogP contribution is 2.29. The van der Waals surface area contributed by atoms with Gasteiger partial charge in [-0.05, 0) is 53.2 Å². The number of hydrogen-bond acceptors (Lipinski definition) is 2. The maximum absolute atomic E-state index is 11.7. The maximum Gasteiger partial charge on any atom is 0.224 e. The van der Waals surface area contributed by atoms with E-state index in [1.54, 1.807) is 6.20 Å². The standard InChI is InChI=1S/C12H15BrN2O/c1-8-5-10(7-14-12(8)13)15-11(16)6-9-3-2-4-9/h5,7,9H,2-4,6H2,1H3,(H,15,16). The number of aromatic nitrogens is 1. The van der Waals surface area contributed by atoms with Gasteiger partial charge in [0.1, 0.15) is 4.60 Å². The average Bonchev–Trinajstić information content (AvgIpc) is 2.18. The number of carbonyl (C=O) groups excluding carboxylic acids is 1. The molecule has 0 unspecified atom stereocenters. The van der Waals surface area contributed by atoms with Crippen LogP contribution in [0.1, 0.15) is 31.2 Å². The summed E-state index contributed by atoms with van der Waals surface area (Å²) in [6.45, 7) is 1.96. The van der Waals surface area contributed by atoms with Gasteiger partial charge in [0, 0.05) is 6.42 Å². The Kier molecular flexibility index (Phi) is 3.59. The van der Waals surface area contributed by atoms with Crippen LogP contribution in [-0.4, -0.2) is 10.9 Å². The summed E-state index contributed by atoms with van der Waals surface area (Å²) in [5.74, 6) is 0.706. The van der Waals surface area contributed by atoms with Crippen molar-refractivity contribution < 1.29 is 4.79 Å². The van der Waals surface area contributed by atoms with Gasteiger partial charge in [0.25, 0.3) is 0 Å². The van der Waals surface area contributed by atoms with Crippen molar-refractivity contribution in [3.63, 3.8) is 0 Å². The number of halogens is 1. The molecule has 1 heterocycles. The van der Waals surface area contributed by atoms with Crippen LogP contribution in [-0.2, 0) is 4.79 Å². The second-order valence-corrected chi connectivity index (χ2v) is 5.13. The van der Waals surface area contributed by atoms with Crippen molar-refractivity contribution in [1.29, 1.82) is 0 Å². The molecule has 0 saturated heterocycles. The van der Waals surface area contributed by atoms with E-state index in [0.717, 1.165) is 15.9 Å². The van der Waals surface area contributed by atoms with E-state index in [2.05, 4.69) is 26.2 Å². The van der Waals surface area contributed by atoms with E-state index < -0.39 is 0 Å². The second kappa shape index (κ2) is 4.95. The van der Waals surface area contributed by atoms with E-state index in [0.29, 0.717) is 12.3 Å². The fourth-order valence-corrected chi connectivity index (χ4v) is 2.01. The Morgan fingerprint density at radius 2 is 2.38 bits per heavy atom. The molecule has 16 heavy (non-hydrogen) atoms. The number of carbonyl (C=O) groups is 1. The fraction of sp³-hybridized carbons (Fsp3) is 0.500. The molecular formula is C12H15BrN2O. The van der Waals surface area contributed by atoms with Crippen LogP contribution in [0.3, 0.4) is 0 Å². The molecule has 1 saturated carbocycles. The molecule has 1 aliphatic rings. The van der Waals surface area contributed by atoms with Gasteiger partial charge in [0.05, 0.1) is 11.9 Å². The molecule has 1 aromatic heterocycles. The molecule has 0 spiro atoms. The van der Waals surface area contributed by atoms with Crippen LogP contribution in [0.15, 0.2) is 16.9 Å². The van der Waals surface area contributed by atoms with Crippen molar-refractivity contribution in [3.8, 4) is 0 Å². The Labute approximate surface area is 104 Å². The molecular weight excluding hydrogens is 268 g/mol. The first kappa shape index (κ1) is 11.6. The zero-order valence-corrected chi connectivity index (χ0v) is 10.9. The summed E-state index contributed by atoms with van der Waals surface area (Å²) in [6, 6.07) is 1.93. The third kappa shape index (κ3) is 2.82. The van der Waals surface area contributed by atoms with E-state index in [1.807, 2.05) is 13.0 Å². The molecule has 86 valence electrons. The maximum atomic E-state index is 11.7. The third-order valence-corrected chi connectivity index (χ3v) is 3.83. The van der Waals surface area contributed by atoms with Gasteiger partial charge in [-0.15, -0.1) is 0 Å². The predicted molar refractivity (Wildman–Crippen MR) is 67.3 cm³/mol. The van der Waals surface area contributed by atoms with Crippen molar-refractivity contribution >= 4 is 27.5 Å². The van der Waals surface area contributed by atoms with E-state index in [-0.39, 0.29) is 5.91 Å². The number of rotatable bonds is 3. The Balaban J connectivity index is 1.92. The fourth-order valence-electron chi connectivity index (χ4n) is 1.80. The quantitative estimate of drug-likeness (QED) is 0.865. The highest BCUT2D eigenvalue weighted by molar-refractivity contribution is 9.10. The zero-order chi connectivity index (χ0) is 11.5. The predicted octanol–water partition coefficient (Wildman–Crippen LogP) is 3.28. The molecule has 0 radical (unpaired) electrons. The van der Waals surface area contributed by atoms with Crippen molar-refractivity contribution in [2.75, 3.05) is 5.32 Å². The van der Waals surface area contributed by atoms with Crippen LogP contribution in [0.5, 0.6) is 0 Å². The van der Waals surface area contributed by atoms with Gasteiger partial charge in [0.15, 0.2) is 0 Å². The highest BCUT2D eigenvalue weighted by atomic mass is 79.9. The van der Waals surface area contributed by atoms with Crippen LogP contribution in [0.4, 0.5) is 5.69 Å². The highest BCUT2D eigenvalue weighted by Gasteiger charge is 2.20. The molecule has 1 aliphatic carbocycles. The number of anilines is 1. The number of aryl methyl sites for hydroxylation is 1. The molecule has 0 atom stereocenters. The Hall–Kier alpha value is -0.900. The van der Waals surface area contributed by atoms with Crippen molar-refractivity contribution in [2.24, 2.45) is 5.92 Å². The van der Waals surface area contributed by atoms with E-state index in [4.69, 9.17) is 0 Å². The number of pyridine rings is 1. The summed E-state index contributed by atoms with van der Waals surface area (Å²) < 4.78 is 0.824. The Bertz CT molecular complexity index is 402. The Morgan fingerprint density at radius 1 is 1.62 bits per heavy atom. The molecule has 1 fully saturated rings. The average molecular weight is 283 g/mol. The van der Waals surface area contributed by atoms with E-state index in [9.17, 15) is 4.79 Å². The molecule has 1 aromatic rings. The summed E-state index contributed by atoms with van der Waals surface area (Å²) in [7, 11) is 0. The Morgan fingerprint density at radius 3 is 2.94 bits per heavy atom. The first-order chi connectivity index (χ1) is 7.65. The normalized spacial score (nSPS) is 15.6. The van der Waals surface area contributed by atoms with Crippen LogP contribution in [0.2, 0.25) is 0 Å². The topological polar surface area (TPSA) is 42.0 Å². The van der Waals surface area contributed by atoms with Gasteiger partial charge in [-0.25, -0.2) is 4.98 Å². The lowest BCUT2D eigenvalue weighted by Crippen LogP contribution is -2.20. The van der Waals surface area contributed by atoms with Gasteiger partial charge in [-0.1, -0.05) is 6.42 Å². The molecule has 0 aliphatic heterocycles. The largest absolute Gasteiger partial charge is 0.325 e. The number of amides is 1. The third-order valence-electron chi connectivity index (χ3n) is 3.00. The lowest BCUT2D eigenvalue weighted by Gasteiger charge is -2.24. The lowest BCUT2D eigenvalue weighted by molar-refractivity contribution is -0.117. The minimum absolute atomic E-state index is 0.105. The molecule has 1 amide bonds. The minimum atomic E-state index is 0.105. The molecule has 1 N–H and O–H groups in total. The lowest BCUT2D eigenvalue weighted by atomic mass is 9.83. The molecule has 0 bridgehead atoms. The van der Waals surface area contributed by atoms with Crippen LogP contribution in [0.25, 0.3) is 0 Å². The SMILES string of the molecule is Cc1cc(NC(=O)CC2CCC2)cnc1Br. The van der Waals surface area contributed by atoms with Gasteiger partial charge in [0.2, 0.25) is 5.91 Å². The van der Waals surface area contributed by atoms with Crippen LogP contribution < -0.4 is 5.32 Å². The second-order valence-electron chi connectivity index (χ2n) is 4.38. The summed E-state index contributed by atoms with van der Waals surface area (Å²) in [5.41, 5.74) is 1.81. The number of nitrogens with zero attached hydrogens (tertiary/aromatic N) is 1.